The number of rotatable bonds is 4. The summed E-state index contributed by atoms with van der Waals surface area (Å²) in [5.41, 5.74) is 2.39. The maximum Gasteiger partial charge on any atom is 0.268 e. The Kier molecular flexibility index (Phi) is 3.75. The van der Waals surface area contributed by atoms with Gasteiger partial charge in [-0.25, -0.2) is 10.8 Å². The van der Waals surface area contributed by atoms with E-state index in [0.29, 0.717) is 22.3 Å². The molecule has 3 N–H and O–H groups in total. The Morgan fingerprint density at radius 3 is 2.83 bits per heavy atom. The second-order valence-electron chi connectivity index (χ2n) is 3.15. The van der Waals surface area contributed by atoms with E-state index in [2.05, 4.69) is 20.4 Å². The Morgan fingerprint density at radius 2 is 2.17 bits per heavy atom. The van der Waals surface area contributed by atoms with Crippen molar-refractivity contribution < 1.29 is 9.47 Å². The summed E-state index contributed by atoms with van der Waals surface area (Å²) in [4.78, 5) is 11.7. The third-order valence-corrected chi connectivity index (χ3v) is 2.21. The van der Waals surface area contributed by atoms with Crippen molar-refractivity contribution in [3.8, 4) is 17.4 Å². The normalized spacial score (nSPS) is 9.94. The minimum atomic E-state index is 0.213. The van der Waals surface area contributed by atoms with Crippen LogP contribution in [0.25, 0.3) is 0 Å². The van der Waals surface area contributed by atoms with E-state index in [4.69, 9.17) is 26.9 Å². The molecule has 0 spiro atoms. The van der Waals surface area contributed by atoms with E-state index in [-0.39, 0.29) is 5.88 Å². The van der Waals surface area contributed by atoms with Crippen LogP contribution >= 0.6 is 11.6 Å². The summed E-state index contributed by atoms with van der Waals surface area (Å²) in [5.74, 6) is 6.56. The summed E-state index contributed by atoms with van der Waals surface area (Å²) in [6.45, 7) is 0. The van der Waals surface area contributed by atoms with E-state index in [9.17, 15) is 0 Å². The highest BCUT2D eigenvalue weighted by atomic mass is 35.5. The second kappa shape index (κ2) is 5.48. The zero-order valence-corrected chi connectivity index (χ0v) is 10.2. The first-order valence-corrected chi connectivity index (χ1v) is 5.26. The SMILES string of the molecule is COc1c(NN)ncnc1Oc1cncc(Cl)c1. The number of nitrogens with zero attached hydrogens (tertiary/aromatic N) is 3. The number of halogens is 1. The number of methoxy groups -OCH3 is 1. The van der Waals surface area contributed by atoms with E-state index >= 15 is 0 Å². The van der Waals surface area contributed by atoms with Gasteiger partial charge in [0.25, 0.3) is 5.88 Å². The summed E-state index contributed by atoms with van der Waals surface area (Å²) in [5, 5.41) is 0.456. The van der Waals surface area contributed by atoms with E-state index in [1.165, 1.54) is 25.8 Å². The minimum Gasteiger partial charge on any atom is -0.489 e. The first-order valence-electron chi connectivity index (χ1n) is 4.88. The fourth-order valence-electron chi connectivity index (χ4n) is 1.28. The van der Waals surface area contributed by atoms with Crippen LogP contribution in [0.2, 0.25) is 5.02 Å². The molecule has 0 aromatic carbocycles. The number of pyridine rings is 1. The Bertz CT molecular complexity index is 552. The molecule has 0 radical (unpaired) electrons. The Balaban J connectivity index is 2.34. The van der Waals surface area contributed by atoms with Gasteiger partial charge in [0.15, 0.2) is 5.82 Å². The molecule has 0 aliphatic heterocycles. The van der Waals surface area contributed by atoms with Crippen LogP contribution in [0.3, 0.4) is 0 Å². The van der Waals surface area contributed by atoms with Gasteiger partial charge in [-0.15, -0.1) is 0 Å². The lowest BCUT2D eigenvalue weighted by atomic mass is 10.4. The molecule has 0 aliphatic rings. The van der Waals surface area contributed by atoms with Gasteiger partial charge in [0.05, 0.1) is 18.3 Å². The summed E-state index contributed by atoms with van der Waals surface area (Å²) < 4.78 is 10.6. The van der Waals surface area contributed by atoms with Crippen molar-refractivity contribution in [3.63, 3.8) is 0 Å². The van der Waals surface area contributed by atoms with Gasteiger partial charge < -0.3 is 14.9 Å². The van der Waals surface area contributed by atoms with Crippen molar-refractivity contribution in [2.75, 3.05) is 12.5 Å². The lowest BCUT2D eigenvalue weighted by Crippen LogP contribution is -2.10. The van der Waals surface area contributed by atoms with Crippen LogP contribution in [0.4, 0.5) is 5.82 Å². The minimum absolute atomic E-state index is 0.213. The van der Waals surface area contributed by atoms with Gasteiger partial charge in [0.1, 0.15) is 12.1 Å². The van der Waals surface area contributed by atoms with Crippen molar-refractivity contribution in [1.29, 1.82) is 0 Å². The van der Waals surface area contributed by atoms with Gasteiger partial charge in [-0.3, -0.25) is 4.98 Å². The van der Waals surface area contributed by atoms with Gasteiger partial charge in [-0.2, -0.15) is 4.98 Å². The fraction of sp³-hybridized carbons (Fsp3) is 0.100. The quantitative estimate of drug-likeness (QED) is 0.642. The van der Waals surface area contributed by atoms with E-state index in [0.717, 1.165) is 0 Å². The number of hydrogen-bond acceptors (Lipinski definition) is 7. The molecule has 0 aliphatic carbocycles. The molecule has 2 heterocycles. The number of nitrogens with two attached hydrogens (primary N) is 1. The first kappa shape index (κ1) is 12.3. The zero-order valence-electron chi connectivity index (χ0n) is 9.42. The lowest BCUT2D eigenvalue weighted by molar-refractivity contribution is 0.368. The molecule has 94 valence electrons. The summed E-state index contributed by atoms with van der Waals surface area (Å²) in [6, 6.07) is 1.60. The van der Waals surface area contributed by atoms with Crippen molar-refractivity contribution >= 4 is 17.4 Å². The van der Waals surface area contributed by atoms with Crippen LogP contribution in [-0.2, 0) is 0 Å². The molecule has 2 aromatic rings. The maximum atomic E-state index is 5.80. The number of anilines is 1. The molecule has 2 aromatic heterocycles. The average Bonchev–Trinajstić information content (AvgIpc) is 2.38. The van der Waals surface area contributed by atoms with Crippen molar-refractivity contribution in [2.45, 2.75) is 0 Å². The Morgan fingerprint density at radius 1 is 1.33 bits per heavy atom. The Labute approximate surface area is 108 Å². The van der Waals surface area contributed by atoms with Gasteiger partial charge in [-0.1, -0.05) is 11.6 Å². The standard InChI is InChI=1S/C10H10ClN5O2/c1-17-8-9(16-12)14-5-15-10(8)18-7-2-6(11)3-13-4-7/h2-5H,12H2,1H3,(H,14,15,16). The molecule has 0 saturated carbocycles. The smallest absolute Gasteiger partial charge is 0.268 e. The summed E-state index contributed by atoms with van der Waals surface area (Å²) in [7, 11) is 1.46. The van der Waals surface area contributed by atoms with Crippen LogP contribution in [0.5, 0.6) is 17.4 Å². The third-order valence-electron chi connectivity index (χ3n) is 2.01. The number of aromatic nitrogens is 3. The third kappa shape index (κ3) is 2.58. The zero-order chi connectivity index (χ0) is 13.0. The number of ether oxygens (including phenoxy) is 2. The number of hydrogen-bond donors (Lipinski definition) is 2. The van der Waals surface area contributed by atoms with Crippen LogP contribution < -0.4 is 20.7 Å². The molecule has 18 heavy (non-hydrogen) atoms. The summed E-state index contributed by atoms with van der Waals surface area (Å²) >= 11 is 5.80. The fourth-order valence-corrected chi connectivity index (χ4v) is 1.44. The molecule has 0 saturated heterocycles. The Hall–Kier alpha value is -2.12. The first-order chi connectivity index (χ1) is 8.74. The van der Waals surface area contributed by atoms with Gasteiger partial charge in [0.2, 0.25) is 5.75 Å². The molecule has 0 fully saturated rings. The van der Waals surface area contributed by atoms with Crippen LogP contribution in [-0.4, -0.2) is 22.1 Å². The molecule has 0 amide bonds. The van der Waals surface area contributed by atoms with E-state index in [1.54, 1.807) is 6.07 Å². The van der Waals surface area contributed by atoms with Crippen molar-refractivity contribution in [3.05, 3.63) is 29.8 Å². The summed E-state index contributed by atoms with van der Waals surface area (Å²) in [6.07, 6.45) is 4.30. The lowest BCUT2D eigenvalue weighted by Gasteiger charge is -2.11. The monoisotopic (exact) mass is 267 g/mol. The van der Waals surface area contributed by atoms with Crippen molar-refractivity contribution in [2.24, 2.45) is 5.84 Å². The molecule has 2 rings (SSSR count). The molecule has 0 bridgehead atoms. The van der Waals surface area contributed by atoms with Gasteiger partial charge in [-0.05, 0) is 0 Å². The van der Waals surface area contributed by atoms with Crippen molar-refractivity contribution in [1.82, 2.24) is 15.0 Å². The van der Waals surface area contributed by atoms with Gasteiger partial charge >= 0.3 is 0 Å². The largest absolute Gasteiger partial charge is 0.489 e. The molecule has 0 unspecified atom stereocenters. The number of nitrogens with one attached hydrogen (secondary N) is 1. The van der Waals surface area contributed by atoms with E-state index < -0.39 is 0 Å². The van der Waals surface area contributed by atoms with Crippen LogP contribution in [0.15, 0.2) is 24.8 Å². The highest BCUT2D eigenvalue weighted by molar-refractivity contribution is 6.30. The number of nitrogen functional groups attached to an aromatic ring is 1. The van der Waals surface area contributed by atoms with Crippen LogP contribution in [0.1, 0.15) is 0 Å². The maximum absolute atomic E-state index is 5.80. The molecule has 7 nitrogen and oxygen atoms in total. The second-order valence-corrected chi connectivity index (χ2v) is 3.58. The van der Waals surface area contributed by atoms with Gasteiger partial charge in [0, 0.05) is 12.3 Å². The topological polar surface area (TPSA) is 95.2 Å². The molecular formula is C10H10ClN5O2. The molecule has 8 heteroatoms. The highest BCUT2D eigenvalue weighted by Crippen LogP contribution is 2.33. The molecular weight excluding hydrogens is 258 g/mol. The predicted molar refractivity (Wildman–Crippen MR) is 65.7 cm³/mol. The predicted octanol–water partition coefficient (Wildman–Crippen LogP) is 1.61. The molecule has 0 atom stereocenters. The average molecular weight is 268 g/mol. The highest BCUT2D eigenvalue weighted by Gasteiger charge is 2.13. The number of hydrazine groups is 1. The van der Waals surface area contributed by atoms with Crippen LogP contribution in [0, 0.1) is 0 Å². The van der Waals surface area contributed by atoms with E-state index in [1.807, 2.05) is 0 Å².